The Bertz CT molecular complexity index is 2250. The molecule has 0 aromatic carbocycles. The number of imidazole rings is 2. The van der Waals surface area contributed by atoms with Crippen LogP contribution < -0.4 is 20.9 Å². The maximum Gasteiger partial charge on any atom is 0.408 e. The predicted molar refractivity (Wildman–Crippen MR) is 187 cm³/mol. The molecule has 0 spiro atoms. The highest BCUT2D eigenvalue weighted by Gasteiger charge is 2.47. The van der Waals surface area contributed by atoms with Crippen molar-refractivity contribution in [3.63, 3.8) is 0 Å². The van der Waals surface area contributed by atoms with Gasteiger partial charge in [-0.2, -0.15) is 26.3 Å². The first-order valence-corrected chi connectivity index (χ1v) is 16.7. The van der Waals surface area contributed by atoms with E-state index in [1.54, 1.807) is 48.9 Å². The number of hydrogen-bond donors (Lipinski definition) is 3. The lowest BCUT2D eigenvalue weighted by Gasteiger charge is -2.27. The lowest BCUT2D eigenvalue weighted by molar-refractivity contribution is -0.146. The number of carbonyl (C=O) groups excluding carboxylic acids is 1. The number of carboxylic acid groups (broad SMARTS) is 1. The summed E-state index contributed by atoms with van der Waals surface area (Å²) in [5.74, 6) is -1.45. The molecule has 6 aromatic heterocycles. The molecule has 2 atom stereocenters. The predicted octanol–water partition coefficient (Wildman–Crippen LogP) is 5.53. The molecule has 8 heterocycles. The maximum absolute atomic E-state index is 13.2. The third-order valence-electron chi connectivity index (χ3n) is 8.60. The summed E-state index contributed by atoms with van der Waals surface area (Å²) in [5, 5.41) is 19.9. The average Bonchev–Trinajstić information content (AvgIpc) is 3.97. The van der Waals surface area contributed by atoms with Gasteiger partial charge >= 0.3 is 18.3 Å². The molecule has 2 aliphatic rings. The zero-order valence-electron chi connectivity index (χ0n) is 28.6. The second-order valence-corrected chi connectivity index (χ2v) is 12.3. The molecule has 2 aliphatic heterocycles. The number of amides is 1. The van der Waals surface area contributed by atoms with Gasteiger partial charge in [0, 0.05) is 31.7 Å². The van der Waals surface area contributed by atoms with Gasteiger partial charge in [0.05, 0.1) is 30.0 Å². The fraction of sp³-hybridized carbons (Fsp3) is 0.294. The molecule has 21 heteroatoms. The van der Waals surface area contributed by atoms with Gasteiger partial charge in [-0.15, -0.1) is 10.2 Å². The van der Waals surface area contributed by atoms with Gasteiger partial charge in [0.25, 0.3) is 5.91 Å². The minimum absolute atomic E-state index is 0.0128. The van der Waals surface area contributed by atoms with Crippen LogP contribution in [-0.2, 0) is 0 Å². The largest absolute Gasteiger partial charge is 0.476 e. The van der Waals surface area contributed by atoms with Crippen molar-refractivity contribution in [3.05, 3.63) is 97.1 Å². The average molecular weight is 771 g/mol. The molecular formula is C34H32F6N12O3. The Kier molecular flexibility index (Phi) is 11.0. The highest BCUT2D eigenvalue weighted by atomic mass is 19.4. The summed E-state index contributed by atoms with van der Waals surface area (Å²) in [7, 11) is 0. The van der Waals surface area contributed by atoms with Crippen LogP contribution in [0.2, 0.25) is 0 Å². The number of carbonyl (C=O) groups is 2. The van der Waals surface area contributed by atoms with Crippen LogP contribution in [-0.4, -0.2) is 93.7 Å². The normalized spacial score (nSPS) is 17.1. The van der Waals surface area contributed by atoms with E-state index in [0.717, 1.165) is 15.6 Å². The van der Waals surface area contributed by atoms with Gasteiger partial charge in [0.15, 0.2) is 22.7 Å². The van der Waals surface area contributed by atoms with Gasteiger partial charge in [-0.05, 0) is 74.2 Å². The Morgan fingerprint density at radius 3 is 1.65 bits per heavy atom. The van der Waals surface area contributed by atoms with Gasteiger partial charge in [-0.3, -0.25) is 14.8 Å². The van der Waals surface area contributed by atoms with Crippen molar-refractivity contribution in [1.82, 2.24) is 39.2 Å². The number of hydrogen-bond acceptors (Lipinski definition) is 11. The number of nitrogens with two attached hydrogens (primary N) is 1. The Balaban J connectivity index is 0.000000162. The van der Waals surface area contributed by atoms with Crippen LogP contribution in [0.5, 0.6) is 0 Å². The van der Waals surface area contributed by atoms with Crippen molar-refractivity contribution in [2.45, 2.75) is 50.1 Å². The van der Waals surface area contributed by atoms with Crippen LogP contribution >= 0.6 is 0 Å². The Labute approximate surface area is 307 Å². The van der Waals surface area contributed by atoms with Gasteiger partial charge in [0.2, 0.25) is 0 Å². The molecule has 0 saturated carbocycles. The van der Waals surface area contributed by atoms with Crippen LogP contribution in [0.1, 0.15) is 46.7 Å². The van der Waals surface area contributed by atoms with Gasteiger partial charge in [-0.1, -0.05) is 0 Å². The number of fused-ring (bicyclic) bond motifs is 2. The third kappa shape index (κ3) is 8.82. The summed E-state index contributed by atoms with van der Waals surface area (Å²) < 4.78 is 81.0. The molecule has 288 valence electrons. The number of aromatic carboxylic acids is 1. The molecule has 0 radical (unpaired) electrons. The second kappa shape index (κ2) is 15.8. The molecule has 4 N–H and O–H groups in total. The summed E-state index contributed by atoms with van der Waals surface area (Å²) in [4.78, 5) is 41.6. The minimum Gasteiger partial charge on any atom is -0.476 e. The van der Waals surface area contributed by atoms with Crippen molar-refractivity contribution in [2.75, 3.05) is 33.9 Å². The summed E-state index contributed by atoms with van der Waals surface area (Å²) in [6, 6.07) is 9.72. The van der Waals surface area contributed by atoms with Crippen molar-refractivity contribution in [1.29, 1.82) is 0 Å². The molecule has 2 unspecified atom stereocenters. The van der Waals surface area contributed by atoms with E-state index in [1.807, 2.05) is 0 Å². The molecule has 0 bridgehead atoms. The summed E-state index contributed by atoms with van der Waals surface area (Å²) in [6.45, 7) is 0.494. The smallest absolute Gasteiger partial charge is 0.408 e. The molecule has 6 aromatic rings. The van der Waals surface area contributed by atoms with E-state index in [0.29, 0.717) is 29.9 Å². The first-order chi connectivity index (χ1) is 26.2. The van der Waals surface area contributed by atoms with E-state index in [-0.39, 0.29) is 54.6 Å². The summed E-state index contributed by atoms with van der Waals surface area (Å²) >= 11 is 0. The van der Waals surface area contributed by atoms with E-state index in [4.69, 9.17) is 10.8 Å². The number of rotatable bonds is 5. The van der Waals surface area contributed by atoms with E-state index in [1.165, 1.54) is 40.0 Å². The number of nitrogens with one attached hydrogen (secondary N) is 1. The van der Waals surface area contributed by atoms with Gasteiger partial charge < -0.3 is 26.0 Å². The Morgan fingerprint density at radius 2 is 1.22 bits per heavy atom. The van der Waals surface area contributed by atoms with Crippen molar-refractivity contribution >= 4 is 46.2 Å². The zero-order chi connectivity index (χ0) is 39.3. The fourth-order valence-corrected chi connectivity index (χ4v) is 6.10. The monoisotopic (exact) mass is 770 g/mol. The highest BCUT2D eigenvalue weighted by molar-refractivity contribution is 6.03. The fourth-order valence-electron chi connectivity index (χ4n) is 6.10. The number of pyridine rings is 2. The van der Waals surface area contributed by atoms with Gasteiger partial charge in [-0.25, -0.2) is 23.8 Å². The van der Waals surface area contributed by atoms with E-state index in [2.05, 4.69) is 35.5 Å². The van der Waals surface area contributed by atoms with Crippen LogP contribution in [0, 0.1) is 0 Å². The minimum atomic E-state index is -4.34. The number of alkyl halides is 6. The number of nitrogen functional groups attached to an aromatic ring is 1. The van der Waals surface area contributed by atoms with Crippen molar-refractivity contribution in [3.8, 4) is 0 Å². The highest BCUT2D eigenvalue weighted by Crippen LogP contribution is 2.36. The second-order valence-electron chi connectivity index (χ2n) is 12.3. The molecule has 55 heavy (non-hydrogen) atoms. The maximum atomic E-state index is 13.2. The molecule has 2 fully saturated rings. The Hall–Kier alpha value is -6.54. The zero-order valence-corrected chi connectivity index (χ0v) is 28.6. The van der Waals surface area contributed by atoms with Crippen LogP contribution in [0.4, 0.5) is 49.4 Å². The standard InChI is InChI=1S/C17H15F3N6O.C12H11F3N4O2.C5H6N2/c18-17(19,20)13-4-2-8-25(13)15-6-5-14-22-10-12(26(14)24-15)16(27)23-11-3-1-7-21-9-11;13-12(14,15)8-2-1-5-18(8)10-4-3-9-16-6-7(11(20)21)19(9)17-10;6-5-2-1-3-7-4-5/h1,3,5-7,9-10,13H,2,4,8H2,(H,23,27);3-4,6,8H,1-2,5H2,(H,20,21);1-4H,6H2. The summed E-state index contributed by atoms with van der Waals surface area (Å²) in [5.41, 5.74) is 7.08. The molecule has 2 saturated heterocycles. The van der Waals surface area contributed by atoms with E-state index < -0.39 is 36.3 Å². The first kappa shape index (κ1) is 38.2. The molecular weight excluding hydrogens is 738 g/mol. The van der Waals surface area contributed by atoms with E-state index in [9.17, 15) is 35.9 Å². The van der Waals surface area contributed by atoms with Crippen molar-refractivity contribution in [2.24, 2.45) is 0 Å². The van der Waals surface area contributed by atoms with Crippen LogP contribution in [0.15, 0.2) is 85.7 Å². The van der Waals surface area contributed by atoms with Crippen LogP contribution in [0.3, 0.4) is 0 Å². The van der Waals surface area contributed by atoms with Crippen molar-refractivity contribution < 1.29 is 41.0 Å². The SMILES string of the molecule is Nc1cccnc1.O=C(Nc1cccnc1)c1cnc2ccc(N3CCCC3C(F)(F)F)nn12.O=C(O)c1cnc2ccc(N3CCCC3C(F)(F)F)nn12. The van der Waals surface area contributed by atoms with Gasteiger partial charge in [0.1, 0.15) is 23.7 Å². The van der Waals surface area contributed by atoms with Crippen LogP contribution in [0.25, 0.3) is 11.3 Å². The first-order valence-electron chi connectivity index (χ1n) is 16.7. The number of nitrogens with zero attached hydrogens (tertiary/aromatic N) is 10. The number of carboxylic acids is 1. The molecule has 15 nitrogen and oxygen atoms in total. The lowest BCUT2D eigenvalue weighted by Crippen LogP contribution is -2.41. The Morgan fingerprint density at radius 1 is 0.709 bits per heavy atom. The molecule has 1 amide bonds. The van der Waals surface area contributed by atoms with E-state index >= 15 is 0 Å². The number of aromatic nitrogens is 8. The third-order valence-corrected chi connectivity index (χ3v) is 8.60. The topological polar surface area (TPSA) is 185 Å². The number of halogens is 6. The number of anilines is 4. The quantitative estimate of drug-likeness (QED) is 0.187. The molecule has 8 rings (SSSR count). The summed E-state index contributed by atoms with van der Waals surface area (Å²) in [6.07, 6.45) is 1.05. The lowest BCUT2D eigenvalue weighted by atomic mass is 10.2. The molecule has 0 aliphatic carbocycles.